The van der Waals surface area contributed by atoms with Crippen molar-refractivity contribution in [3.05, 3.63) is 131 Å². The smallest absolute Gasteiger partial charge is 0.180 e. The maximum atomic E-state index is 14.9. The maximum absolute atomic E-state index is 14.9. The van der Waals surface area contributed by atoms with Crippen molar-refractivity contribution >= 4 is 22.6 Å². The summed E-state index contributed by atoms with van der Waals surface area (Å²) in [6, 6.07) is 33.2. The van der Waals surface area contributed by atoms with Gasteiger partial charge >= 0.3 is 0 Å². The molecule has 1 aromatic heterocycles. The summed E-state index contributed by atoms with van der Waals surface area (Å²) in [5.74, 6) is -0.629. The van der Waals surface area contributed by atoms with Crippen molar-refractivity contribution in [1.82, 2.24) is 14.9 Å². The van der Waals surface area contributed by atoms with Crippen molar-refractivity contribution in [2.24, 2.45) is 5.41 Å². The summed E-state index contributed by atoms with van der Waals surface area (Å²) in [6.45, 7) is 0.526. The van der Waals surface area contributed by atoms with E-state index in [-0.39, 0.29) is 17.5 Å². The van der Waals surface area contributed by atoms with Gasteiger partial charge in [-0.15, -0.1) is 0 Å². The Morgan fingerprint density at radius 2 is 1.24 bits per heavy atom. The van der Waals surface area contributed by atoms with Crippen LogP contribution in [0.3, 0.4) is 0 Å². The van der Waals surface area contributed by atoms with Crippen LogP contribution in [-0.4, -0.2) is 40.0 Å². The number of hydrogen-bond donors (Lipinski definition) is 0. The predicted molar refractivity (Wildman–Crippen MR) is 145 cm³/mol. The van der Waals surface area contributed by atoms with Gasteiger partial charge in [-0.2, -0.15) is 0 Å². The highest BCUT2D eigenvalue weighted by Gasteiger charge is 2.77. The van der Waals surface area contributed by atoms with Crippen molar-refractivity contribution in [2.45, 2.75) is 11.5 Å². The first-order chi connectivity index (χ1) is 18.6. The summed E-state index contributed by atoms with van der Waals surface area (Å²) in [6.07, 6.45) is 0. The Kier molecular flexibility index (Phi) is 4.15. The highest BCUT2D eigenvalue weighted by atomic mass is 16.2. The van der Waals surface area contributed by atoms with Crippen molar-refractivity contribution < 1.29 is 9.59 Å². The van der Waals surface area contributed by atoms with Gasteiger partial charge in [0.25, 0.3) is 0 Å². The van der Waals surface area contributed by atoms with Crippen molar-refractivity contribution in [1.29, 1.82) is 0 Å². The number of nitrogens with zero attached hydrogens (tertiary/aromatic N) is 3. The van der Waals surface area contributed by atoms with E-state index in [1.165, 1.54) is 0 Å². The number of fused-ring (bicyclic) bond motifs is 8. The Morgan fingerprint density at radius 1 is 0.684 bits per heavy atom. The molecule has 182 valence electrons. The lowest BCUT2D eigenvalue weighted by Crippen LogP contribution is -2.56. The van der Waals surface area contributed by atoms with Crippen LogP contribution >= 0.6 is 0 Å². The zero-order valence-electron chi connectivity index (χ0n) is 20.8. The number of ketones is 2. The van der Waals surface area contributed by atoms with E-state index >= 15 is 0 Å². The zero-order chi connectivity index (χ0) is 25.6. The third-order valence-electron chi connectivity index (χ3n) is 8.94. The van der Waals surface area contributed by atoms with Crippen LogP contribution in [0.2, 0.25) is 0 Å². The number of Topliss-reactive ketones (excluding diaryl/α,β-unsaturated/α-hetero) is 2. The van der Waals surface area contributed by atoms with Crippen molar-refractivity contribution in [2.75, 3.05) is 13.6 Å². The molecule has 0 N–H and O–H groups in total. The fraction of sp³-hybridized carbons (Fsp3) is 0.152. The van der Waals surface area contributed by atoms with Gasteiger partial charge < -0.3 is 0 Å². The third kappa shape index (κ3) is 2.28. The molecule has 2 atom stereocenters. The van der Waals surface area contributed by atoms with E-state index in [0.717, 1.165) is 33.4 Å². The molecule has 1 fully saturated rings. The first-order valence-corrected chi connectivity index (χ1v) is 12.9. The number of likely N-dealkylation sites (tertiary alicyclic amines) is 1. The van der Waals surface area contributed by atoms with Gasteiger partial charge in [-0.25, -0.2) is 9.97 Å². The van der Waals surface area contributed by atoms with E-state index in [1.807, 2.05) is 92.0 Å². The third-order valence-corrected chi connectivity index (χ3v) is 8.94. The van der Waals surface area contributed by atoms with E-state index < -0.39 is 11.0 Å². The molecule has 0 bridgehead atoms. The van der Waals surface area contributed by atoms with Gasteiger partial charge in [0.05, 0.1) is 22.4 Å². The molecule has 5 aromatic rings. The summed E-state index contributed by atoms with van der Waals surface area (Å²) in [4.78, 5) is 42.3. The number of carbonyl (C=O) groups excluding carboxylic acids is 2. The quantitative estimate of drug-likeness (QED) is 0.283. The highest BCUT2D eigenvalue weighted by Crippen LogP contribution is 2.69. The monoisotopic (exact) mass is 493 g/mol. The molecule has 2 aliphatic carbocycles. The largest absolute Gasteiger partial charge is 0.293 e. The number of aromatic nitrogens is 2. The summed E-state index contributed by atoms with van der Waals surface area (Å²) in [7, 11) is 2.02. The summed E-state index contributed by atoms with van der Waals surface area (Å²) in [5, 5.41) is 0. The fourth-order valence-corrected chi connectivity index (χ4v) is 7.55. The van der Waals surface area contributed by atoms with Crippen LogP contribution in [0.15, 0.2) is 103 Å². The molecule has 2 spiro atoms. The van der Waals surface area contributed by atoms with E-state index in [9.17, 15) is 9.59 Å². The van der Waals surface area contributed by atoms with Crippen LogP contribution in [0.1, 0.15) is 43.5 Å². The molecule has 4 aromatic carbocycles. The predicted octanol–water partition coefficient (Wildman–Crippen LogP) is 5.65. The van der Waals surface area contributed by atoms with Gasteiger partial charge in [0.2, 0.25) is 0 Å². The Balaban J connectivity index is 1.56. The van der Waals surface area contributed by atoms with E-state index in [4.69, 9.17) is 9.97 Å². The summed E-state index contributed by atoms with van der Waals surface area (Å²) in [5.41, 5.74) is 4.25. The minimum absolute atomic E-state index is 0.131. The van der Waals surface area contributed by atoms with Gasteiger partial charge in [-0.05, 0) is 30.3 Å². The molecular formula is C33H23N3O2. The number of benzene rings is 4. The van der Waals surface area contributed by atoms with Crippen molar-refractivity contribution in [3.63, 3.8) is 0 Å². The average molecular weight is 494 g/mol. The Bertz CT molecular complexity index is 1790. The number of carbonyl (C=O) groups is 2. The molecule has 1 aliphatic heterocycles. The molecule has 5 nitrogen and oxygen atoms in total. The number of rotatable bonds is 1. The lowest BCUT2D eigenvalue weighted by Gasteiger charge is -2.44. The lowest BCUT2D eigenvalue weighted by molar-refractivity contribution is 0.0462. The fourth-order valence-electron chi connectivity index (χ4n) is 7.55. The minimum Gasteiger partial charge on any atom is -0.293 e. The second kappa shape index (κ2) is 7.30. The molecule has 1 saturated heterocycles. The van der Waals surface area contributed by atoms with Gasteiger partial charge in [-0.1, -0.05) is 91.0 Å². The van der Waals surface area contributed by atoms with Crippen LogP contribution in [0.25, 0.3) is 22.3 Å². The number of likely N-dealkylation sites (N-methyl/N-ethyl adjacent to an activating group) is 1. The van der Waals surface area contributed by atoms with E-state index in [2.05, 4.69) is 11.0 Å². The SMILES string of the molecule is CN1C[C@H](c2ccccc2)C2(C(=O)c3ccccc3C2=O)[C@@]12c1ccccc1-c1nc3ccccc3nc12. The topological polar surface area (TPSA) is 63.2 Å². The Hall–Kier alpha value is -4.48. The van der Waals surface area contributed by atoms with Gasteiger partial charge in [0, 0.05) is 29.2 Å². The molecule has 8 rings (SSSR count). The molecule has 0 amide bonds. The molecule has 38 heavy (non-hydrogen) atoms. The molecule has 0 saturated carbocycles. The Labute approximate surface area is 219 Å². The standard InChI is InChI=1S/C33H23N3O2/c1-36-19-25(20-11-3-2-4-12-20)32(30(37)21-13-5-6-14-22(21)31(32)38)33(36)24-16-8-7-15-23(24)28-29(33)35-27-18-10-9-17-26(27)34-28/h2-18,25H,19H2,1H3/t25-,33+/m1/s1. The molecule has 5 heteroatoms. The molecule has 3 aliphatic rings. The van der Waals surface area contributed by atoms with Gasteiger partial charge in [0.15, 0.2) is 11.6 Å². The van der Waals surface area contributed by atoms with E-state index in [1.54, 1.807) is 12.1 Å². The van der Waals surface area contributed by atoms with E-state index in [0.29, 0.717) is 23.4 Å². The first kappa shape index (κ1) is 21.6. The molecule has 2 heterocycles. The normalized spacial score (nSPS) is 22.8. The second-order valence-corrected chi connectivity index (χ2v) is 10.5. The second-order valence-electron chi connectivity index (χ2n) is 10.5. The summed E-state index contributed by atoms with van der Waals surface area (Å²) < 4.78 is 0. The molecular weight excluding hydrogens is 470 g/mol. The van der Waals surface area contributed by atoms with Crippen LogP contribution < -0.4 is 0 Å². The Morgan fingerprint density at radius 3 is 1.92 bits per heavy atom. The zero-order valence-corrected chi connectivity index (χ0v) is 20.8. The highest BCUT2D eigenvalue weighted by molar-refractivity contribution is 6.32. The first-order valence-electron chi connectivity index (χ1n) is 12.9. The van der Waals surface area contributed by atoms with Crippen LogP contribution in [0, 0.1) is 5.41 Å². The number of hydrogen-bond acceptors (Lipinski definition) is 5. The van der Waals surface area contributed by atoms with Gasteiger partial charge in [0.1, 0.15) is 11.0 Å². The average Bonchev–Trinajstić information content (AvgIpc) is 3.50. The number of para-hydroxylation sites is 2. The van der Waals surface area contributed by atoms with Crippen LogP contribution in [0.5, 0.6) is 0 Å². The molecule has 0 unspecified atom stereocenters. The minimum atomic E-state index is -1.43. The lowest BCUT2D eigenvalue weighted by atomic mass is 9.58. The maximum Gasteiger partial charge on any atom is 0.180 e. The van der Waals surface area contributed by atoms with Crippen molar-refractivity contribution in [3.8, 4) is 11.3 Å². The van der Waals surface area contributed by atoms with Crippen LogP contribution in [-0.2, 0) is 5.54 Å². The van der Waals surface area contributed by atoms with Gasteiger partial charge in [-0.3, -0.25) is 14.5 Å². The molecule has 0 radical (unpaired) electrons. The van der Waals surface area contributed by atoms with Crippen LogP contribution in [0.4, 0.5) is 0 Å². The summed E-state index contributed by atoms with van der Waals surface area (Å²) >= 11 is 0.